The number of benzene rings is 1. The van der Waals surface area contributed by atoms with Crippen LogP contribution in [0.5, 0.6) is 0 Å². The molecule has 4 heteroatoms. The van der Waals surface area contributed by atoms with E-state index in [0.29, 0.717) is 0 Å². The molecule has 0 aromatic heterocycles. The van der Waals surface area contributed by atoms with Crippen LogP contribution in [-0.4, -0.2) is 50.6 Å². The minimum atomic E-state index is 0.948. The van der Waals surface area contributed by atoms with Crippen LogP contribution in [0.25, 0.3) is 0 Å². The first kappa shape index (κ1) is 17.6. The molecule has 0 saturated heterocycles. The molecular weight excluding hydrogens is 314 g/mol. The Morgan fingerprint density at radius 1 is 1.15 bits per heavy atom. The average molecular weight is 342 g/mol. The third-order valence-electron chi connectivity index (χ3n) is 3.24. The van der Waals surface area contributed by atoms with E-state index in [-0.39, 0.29) is 0 Å². The molecule has 0 atom stereocenters. The summed E-state index contributed by atoms with van der Waals surface area (Å²) in [6.07, 6.45) is 1.18. The van der Waals surface area contributed by atoms with E-state index in [0.717, 1.165) is 32.7 Å². The molecule has 0 radical (unpaired) electrons. The lowest BCUT2D eigenvalue weighted by Crippen LogP contribution is -2.28. The zero-order valence-electron chi connectivity index (χ0n) is 13.2. The van der Waals surface area contributed by atoms with Crippen molar-refractivity contribution in [2.45, 2.75) is 26.4 Å². The molecule has 3 nitrogen and oxygen atoms in total. The molecule has 1 rings (SSSR count). The average Bonchev–Trinajstić information content (AvgIpc) is 2.40. The van der Waals surface area contributed by atoms with E-state index < -0.39 is 0 Å². The zero-order valence-corrected chi connectivity index (χ0v) is 14.8. The van der Waals surface area contributed by atoms with Gasteiger partial charge in [0, 0.05) is 30.7 Å². The van der Waals surface area contributed by atoms with Gasteiger partial charge in [0.05, 0.1) is 0 Å². The fourth-order valence-electron chi connectivity index (χ4n) is 1.98. The van der Waals surface area contributed by atoms with Crippen LogP contribution in [0.4, 0.5) is 0 Å². The Morgan fingerprint density at radius 3 is 2.50 bits per heavy atom. The van der Waals surface area contributed by atoms with Crippen molar-refractivity contribution in [1.29, 1.82) is 0 Å². The maximum atomic E-state index is 3.70. The van der Waals surface area contributed by atoms with Crippen molar-refractivity contribution >= 4 is 15.9 Å². The van der Waals surface area contributed by atoms with Gasteiger partial charge in [-0.2, -0.15) is 0 Å². The predicted molar refractivity (Wildman–Crippen MR) is 91.0 cm³/mol. The second-order valence-electron chi connectivity index (χ2n) is 5.64. The van der Waals surface area contributed by atoms with Crippen molar-refractivity contribution in [3.8, 4) is 0 Å². The van der Waals surface area contributed by atoms with Crippen molar-refractivity contribution < 1.29 is 0 Å². The normalized spacial score (nSPS) is 11.6. The maximum absolute atomic E-state index is 3.70. The number of rotatable bonds is 9. The van der Waals surface area contributed by atoms with Crippen molar-refractivity contribution in [1.82, 2.24) is 15.1 Å². The van der Waals surface area contributed by atoms with Gasteiger partial charge in [-0.25, -0.2) is 0 Å². The monoisotopic (exact) mass is 341 g/mol. The van der Waals surface area contributed by atoms with Gasteiger partial charge in [0.2, 0.25) is 0 Å². The largest absolute Gasteiger partial charge is 0.313 e. The van der Waals surface area contributed by atoms with E-state index in [4.69, 9.17) is 0 Å². The van der Waals surface area contributed by atoms with Gasteiger partial charge < -0.3 is 15.1 Å². The molecule has 0 unspecified atom stereocenters. The zero-order chi connectivity index (χ0) is 15.0. The fourth-order valence-corrected chi connectivity index (χ4v) is 2.53. The summed E-state index contributed by atoms with van der Waals surface area (Å²) in [7, 11) is 6.40. The standard InChI is InChI=1S/C16H28BrN3/c1-5-8-18-12-14-6-7-15(16(17)11-14)13-20(4)10-9-19(2)3/h6-7,11,18H,5,8-10,12-13H2,1-4H3. The minimum absolute atomic E-state index is 0.948. The Bertz CT molecular complexity index is 393. The van der Waals surface area contributed by atoms with Gasteiger partial charge in [0.15, 0.2) is 0 Å². The van der Waals surface area contributed by atoms with Crippen LogP contribution in [0.3, 0.4) is 0 Å². The smallest absolute Gasteiger partial charge is 0.0242 e. The van der Waals surface area contributed by atoms with E-state index in [9.17, 15) is 0 Å². The number of nitrogens with zero attached hydrogens (tertiary/aromatic N) is 2. The SMILES string of the molecule is CCCNCc1ccc(CN(C)CCN(C)C)c(Br)c1. The first-order chi connectivity index (χ1) is 9.52. The topological polar surface area (TPSA) is 18.5 Å². The summed E-state index contributed by atoms with van der Waals surface area (Å²) in [6.45, 7) is 7.37. The van der Waals surface area contributed by atoms with E-state index in [1.807, 2.05) is 0 Å². The van der Waals surface area contributed by atoms with Crippen molar-refractivity contribution in [2.75, 3.05) is 40.8 Å². The lowest BCUT2D eigenvalue weighted by atomic mass is 10.1. The summed E-state index contributed by atoms with van der Waals surface area (Å²) in [4.78, 5) is 4.57. The van der Waals surface area contributed by atoms with Crippen LogP contribution in [0.1, 0.15) is 24.5 Å². The van der Waals surface area contributed by atoms with Crippen LogP contribution in [-0.2, 0) is 13.1 Å². The number of hydrogen-bond acceptors (Lipinski definition) is 3. The molecule has 0 aliphatic heterocycles. The lowest BCUT2D eigenvalue weighted by Gasteiger charge is -2.20. The van der Waals surface area contributed by atoms with Gasteiger partial charge in [0.1, 0.15) is 0 Å². The van der Waals surface area contributed by atoms with Crippen molar-refractivity contribution in [3.05, 3.63) is 33.8 Å². The second kappa shape index (κ2) is 9.50. The number of hydrogen-bond donors (Lipinski definition) is 1. The van der Waals surface area contributed by atoms with Crippen molar-refractivity contribution in [2.24, 2.45) is 0 Å². The Kier molecular flexibility index (Phi) is 8.38. The Morgan fingerprint density at radius 2 is 1.90 bits per heavy atom. The van der Waals surface area contributed by atoms with E-state index >= 15 is 0 Å². The molecule has 0 bridgehead atoms. The Balaban J connectivity index is 2.50. The minimum Gasteiger partial charge on any atom is -0.313 e. The van der Waals surface area contributed by atoms with Crippen LogP contribution < -0.4 is 5.32 Å². The van der Waals surface area contributed by atoms with Crippen LogP contribution in [0.2, 0.25) is 0 Å². The summed E-state index contributed by atoms with van der Waals surface area (Å²) in [5.74, 6) is 0. The molecule has 114 valence electrons. The molecule has 0 fully saturated rings. The third kappa shape index (κ3) is 6.84. The molecule has 1 aromatic rings. The summed E-state index contributed by atoms with van der Waals surface area (Å²) >= 11 is 3.70. The van der Waals surface area contributed by atoms with Crippen LogP contribution in [0.15, 0.2) is 22.7 Å². The molecule has 0 spiro atoms. The molecule has 0 heterocycles. The molecule has 0 saturated carbocycles. The summed E-state index contributed by atoms with van der Waals surface area (Å²) < 4.78 is 1.21. The van der Waals surface area contributed by atoms with Gasteiger partial charge in [-0.05, 0) is 51.3 Å². The molecule has 0 amide bonds. The molecular formula is C16H28BrN3. The highest BCUT2D eigenvalue weighted by Gasteiger charge is 2.05. The van der Waals surface area contributed by atoms with Gasteiger partial charge >= 0.3 is 0 Å². The summed E-state index contributed by atoms with van der Waals surface area (Å²) in [5, 5.41) is 3.43. The highest BCUT2D eigenvalue weighted by atomic mass is 79.9. The Labute approximate surface area is 132 Å². The highest BCUT2D eigenvalue weighted by Crippen LogP contribution is 2.20. The molecule has 1 N–H and O–H groups in total. The summed E-state index contributed by atoms with van der Waals surface area (Å²) in [6, 6.07) is 6.69. The highest BCUT2D eigenvalue weighted by molar-refractivity contribution is 9.10. The number of halogens is 1. The molecule has 1 aromatic carbocycles. The lowest BCUT2D eigenvalue weighted by molar-refractivity contribution is 0.276. The fraction of sp³-hybridized carbons (Fsp3) is 0.625. The second-order valence-corrected chi connectivity index (χ2v) is 6.50. The Hall–Kier alpha value is -0.420. The van der Waals surface area contributed by atoms with Gasteiger partial charge in [-0.3, -0.25) is 0 Å². The molecule has 20 heavy (non-hydrogen) atoms. The third-order valence-corrected chi connectivity index (χ3v) is 3.98. The quantitative estimate of drug-likeness (QED) is 0.696. The van der Waals surface area contributed by atoms with Crippen LogP contribution in [0, 0.1) is 0 Å². The van der Waals surface area contributed by atoms with Gasteiger partial charge in [-0.1, -0.05) is 35.0 Å². The van der Waals surface area contributed by atoms with E-state index in [2.05, 4.69) is 77.3 Å². The van der Waals surface area contributed by atoms with Crippen LogP contribution >= 0.6 is 15.9 Å². The van der Waals surface area contributed by atoms with E-state index in [1.54, 1.807) is 0 Å². The number of likely N-dealkylation sites (N-methyl/N-ethyl adjacent to an activating group) is 2. The van der Waals surface area contributed by atoms with Gasteiger partial charge in [-0.15, -0.1) is 0 Å². The predicted octanol–water partition coefficient (Wildman–Crippen LogP) is 2.94. The first-order valence-electron chi connectivity index (χ1n) is 7.34. The van der Waals surface area contributed by atoms with Crippen molar-refractivity contribution in [3.63, 3.8) is 0 Å². The first-order valence-corrected chi connectivity index (χ1v) is 8.13. The molecule has 0 aliphatic carbocycles. The van der Waals surface area contributed by atoms with E-state index in [1.165, 1.54) is 22.0 Å². The number of nitrogens with one attached hydrogen (secondary N) is 1. The van der Waals surface area contributed by atoms with Gasteiger partial charge in [0.25, 0.3) is 0 Å². The summed E-state index contributed by atoms with van der Waals surface area (Å²) in [5.41, 5.74) is 2.69. The molecule has 0 aliphatic rings. The maximum Gasteiger partial charge on any atom is 0.0242 e.